The van der Waals surface area contributed by atoms with Crippen molar-refractivity contribution in [1.82, 2.24) is 0 Å². The molecule has 226 valence electrons. The van der Waals surface area contributed by atoms with E-state index < -0.39 is 0 Å². The molecule has 0 aromatic rings. The molecule has 0 saturated heterocycles. The van der Waals surface area contributed by atoms with Gasteiger partial charge < -0.3 is 5.73 Å². The number of hydrogen-bond donors (Lipinski definition) is 1. The SMILES string of the molecule is CC1=CCC(C(=C/CN)/C=C/C2CC=C(C3C=CC(C4CCCC(C5=CC=CCC5)C4)C4C=CCCC34)CC2)CCC1. The molecule has 42 heavy (non-hydrogen) atoms. The molecule has 1 heteroatoms. The largest absolute Gasteiger partial charge is 0.327 e. The van der Waals surface area contributed by atoms with Gasteiger partial charge in [-0.2, -0.15) is 0 Å². The van der Waals surface area contributed by atoms with Crippen molar-refractivity contribution in [2.24, 2.45) is 53.1 Å². The van der Waals surface area contributed by atoms with Gasteiger partial charge in [-0.05, 0) is 144 Å². The van der Waals surface area contributed by atoms with Crippen molar-refractivity contribution in [2.75, 3.05) is 6.54 Å². The van der Waals surface area contributed by atoms with Crippen LogP contribution in [0.5, 0.6) is 0 Å². The molecule has 8 unspecified atom stereocenters. The Kier molecular flexibility index (Phi) is 10.4. The highest BCUT2D eigenvalue weighted by Gasteiger charge is 2.41. The van der Waals surface area contributed by atoms with Crippen molar-refractivity contribution in [3.8, 4) is 0 Å². The summed E-state index contributed by atoms with van der Waals surface area (Å²) in [5, 5.41) is 0. The third-order valence-corrected chi connectivity index (χ3v) is 12.0. The van der Waals surface area contributed by atoms with E-state index in [2.05, 4.69) is 79.8 Å². The molecular weight excluding hydrogens is 506 g/mol. The lowest BCUT2D eigenvalue weighted by Crippen LogP contribution is -2.38. The van der Waals surface area contributed by atoms with Crippen molar-refractivity contribution in [3.05, 3.63) is 95.2 Å². The zero-order valence-electron chi connectivity index (χ0n) is 26.4. The molecule has 6 aliphatic carbocycles. The third-order valence-electron chi connectivity index (χ3n) is 12.0. The van der Waals surface area contributed by atoms with E-state index in [1.165, 1.54) is 102 Å². The lowest BCUT2D eigenvalue weighted by atomic mass is 9.58. The number of allylic oxidation sites excluding steroid dienone is 15. The third kappa shape index (κ3) is 7.15. The maximum absolute atomic E-state index is 6.01. The smallest absolute Gasteiger partial charge is 0.0112 e. The Balaban J connectivity index is 1.11. The molecule has 8 atom stereocenters. The van der Waals surface area contributed by atoms with E-state index in [4.69, 9.17) is 5.73 Å². The van der Waals surface area contributed by atoms with Gasteiger partial charge in [0.05, 0.1) is 0 Å². The summed E-state index contributed by atoms with van der Waals surface area (Å²) in [6.45, 7) is 2.94. The fraction of sp³-hybridized carbons (Fsp3) is 0.610. The first-order valence-corrected chi connectivity index (χ1v) is 17.8. The summed E-state index contributed by atoms with van der Waals surface area (Å²) < 4.78 is 0. The van der Waals surface area contributed by atoms with Gasteiger partial charge in [-0.25, -0.2) is 0 Å². The first-order valence-electron chi connectivity index (χ1n) is 17.8. The molecule has 0 spiro atoms. The minimum absolute atomic E-state index is 0.643. The molecule has 6 rings (SSSR count). The molecule has 0 amide bonds. The van der Waals surface area contributed by atoms with Crippen LogP contribution < -0.4 is 5.73 Å². The fourth-order valence-electron chi connectivity index (χ4n) is 9.57. The van der Waals surface area contributed by atoms with Crippen LogP contribution in [0.2, 0.25) is 0 Å². The van der Waals surface area contributed by atoms with Gasteiger partial charge in [0.25, 0.3) is 0 Å². The molecule has 1 saturated carbocycles. The molecule has 0 aromatic carbocycles. The second kappa shape index (κ2) is 14.6. The Morgan fingerprint density at radius 2 is 1.81 bits per heavy atom. The topological polar surface area (TPSA) is 26.0 Å². The van der Waals surface area contributed by atoms with Crippen LogP contribution in [-0.2, 0) is 0 Å². The fourth-order valence-corrected chi connectivity index (χ4v) is 9.57. The van der Waals surface area contributed by atoms with Gasteiger partial charge in [-0.3, -0.25) is 0 Å². The molecule has 0 radical (unpaired) electrons. The zero-order valence-corrected chi connectivity index (χ0v) is 26.4. The first kappa shape index (κ1) is 29.9. The van der Waals surface area contributed by atoms with Gasteiger partial charge in [0.1, 0.15) is 0 Å². The van der Waals surface area contributed by atoms with Crippen LogP contribution in [0, 0.1) is 47.3 Å². The summed E-state index contributed by atoms with van der Waals surface area (Å²) in [5.41, 5.74) is 12.6. The van der Waals surface area contributed by atoms with Gasteiger partial charge in [0.2, 0.25) is 0 Å². The average molecular weight is 564 g/mol. The minimum Gasteiger partial charge on any atom is -0.327 e. The molecule has 1 fully saturated rings. The second-order valence-corrected chi connectivity index (χ2v) is 14.6. The Morgan fingerprint density at radius 3 is 2.64 bits per heavy atom. The zero-order chi connectivity index (χ0) is 28.7. The van der Waals surface area contributed by atoms with Gasteiger partial charge in [0.15, 0.2) is 0 Å². The van der Waals surface area contributed by atoms with E-state index in [0.717, 1.165) is 29.6 Å². The maximum atomic E-state index is 6.01. The van der Waals surface area contributed by atoms with Gasteiger partial charge in [-0.15, -0.1) is 0 Å². The van der Waals surface area contributed by atoms with Crippen LogP contribution in [0.25, 0.3) is 0 Å². The lowest BCUT2D eigenvalue weighted by Gasteiger charge is -2.46. The van der Waals surface area contributed by atoms with Crippen LogP contribution in [-0.4, -0.2) is 6.54 Å². The van der Waals surface area contributed by atoms with Gasteiger partial charge >= 0.3 is 0 Å². The summed E-state index contributed by atoms with van der Waals surface area (Å²) >= 11 is 0. The van der Waals surface area contributed by atoms with Gasteiger partial charge in [0, 0.05) is 12.5 Å². The number of fused-ring (bicyclic) bond motifs is 1. The highest BCUT2D eigenvalue weighted by atomic mass is 14.5. The monoisotopic (exact) mass is 563 g/mol. The highest BCUT2D eigenvalue weighted by molar-refractivity contribution is 5.28. The summed E-state index contributed by atoms with van der Waals surface area (Å²) in [6.07, 6.45) is 49.8. The van der Waals surface area contributed by atoms with Crippen LogP contribution in [0.15, 0.2) is 95.2 Å². The lowest BCUT2D eigenvalue weighted by molar-refractivity contribution is 0.140. The van der Waals surface area contributed by atoms with Crippen molar-refractivity contribution in [1.29, 1.82) is 0 Å². The average Bonchev–Trinajstić information content (AvgIpc) is 3.27. The van der Waals surface area contributed by atoms with Crippen molar-refractivity contribution >= 4 is 0 Å². The number of hydrogen-bond acceptors (Lipinski definition) is 1. The summed E-state index contributed by atoms with van der Waals surface area (Å²) in [5.74, 6) is 5.99. The summed E-state index contributed by atoms with van der Waals surface area (Å²) in [4.78, 5) is 0. The van der Waals surface area contributed by atoms with Crippen LogP contribution in [0.1, 0.15) is 103 Å². The Labute approximate surface area is 257 Å². The normalized spacial score (nSPS) is 37.6. The summed E-state index contributed by atoms with van der Waals surface area (Å²) in [6, 6.07) is 0. The molecule has 0 aromatic heterocycles. The van der Waals surface area contributed by atoms with Gasteiger partial charge in [-0.1, -0.05) is 96.1 Å². The molecule has 0 aliphatic heterocycles. The van der Waals surface area contributed by atoms with Crippen LogP contribution in [0.4, 0.5) is 0 Å². The maximum Gasteiger partial charge on any atom is 0.0112 e. The van der Waals surface area contributed by atoms with Crippen LogP contribution >= 0.6 is 0 Å². The van der Waals surface area contributed by atoms with Crippen LogP contribution in [0.3, 0.4) is 0 Å². The van der Waals surface area contributed by atoms with Crippen molar-refractivity contribution in [2.45, 2.75) is 103 Å². The van der Waals surface area contributed by atoms with Crippen molar-refractivity contribution in [3.63, 3.8) is 0 Å². The minimum atomic E-state index is 0.643. The molecule has 0 bridgehead atoms. The van der Waals surface area contributed by atoms with E-state index in [1.807, 2.05) is 0 Å². The Hall–Kier alpha value is -2.12. The summed E-state index contributed by atoms with van der Waals surface area (Å²) in [7, 11) is 0. The van der Waals surface area contributed by atoms with E-state index >= 15 is 0 Å². The molecular formula is C41H57N. The Bertz CT molecular complexity index is 1170. The standard InChI is InChI=1S/C41H57N/c1-30-9-7-12-33(21-17-30)34(27-28-42)22-18-31-19-23-35(24-20-31)38-25-26-39(41-16-6-5-15-40(38)41)37-14-8-13-36(29-37)32-10-3-2-4-11-32/h2-3,6,10,16-18,22-23,25-27,31,33,36-41H,4-5,7-9,11-15,19-21,24,28-29,42H2,1H3/b22-18+,34-27+. The Morgan fingerprint density at radius 1 is 0.857 bits per heavy atom. The van der Waals surface area contributed by atoms with E-state index in [1.54, 1.807) is 16.7 Å². The molecule has 1 nitrogen and oxygen atoms in total. The molecule has 6 aliphatic rings. The number of rotatable bonds is 7. The molecule has 2 N–H and O–H groups in total. The predicted octanol–water partition coefficient (Wildman–Crippen LogP) is 10.8. The highest BCUT2D eigenvalue weighted by Crippen LogP contribution is 2.51. The van der Waals surface area contributed by atoms with E-state index in [9.17, 15) is 0 Å². The number of nitrogens with two attached hydrogens (primary N) is 1. The van der Waals surface area contributed by atoms with E-state index in [-0.39, 0.29) is 0 Å². The molecule has 0 heterocycles. The quantitative estimate of drug-likeness (QED) is 0.242. The first-order chi connectivity index (χ1) is 20.7. The van der Waals surface area contributed by atoms with E-state index in [0.29, 0.717) is 24.3 Å². The second-order valence-electron chi connectivity index (χ2n) is 14.6. The van der Waals surface area contributed by atoms with Crippen molar-refractivity contribution < 1.29 is 0 Å². The predicted molar refractivity (Wildman–Crippen MR) is 181 cm³/mol.